The van der Waals surface area contributed by atoms with Crippen molar-refractivity contribution in [2.24, 2.45) is 0 Å². The van der Waals surface area contributed by atoms with Gasteiger partial charge in [0.25, 0.3) is 5.91 Å². The van der Waals surface area contributed by atoms with Crippen molar-refractivity contribution in [3.63, 3.8) is 0 Å². The molecule has 0 aliphatic rings. The Bertz CT molecular complexity index is 1190. The molecule has 9 nitrogen and oxygen atoms in total. The molecule has 1 N–H and O–H groups in total. The monoisotopic (exact) mass is 419 g/mol. The first-order valence-corrected chi connectivity index (χ1v) is 9.60. The summed E-state index contributed by atoms with van der Waals surface area (Å²) in [5.74, 6) is 2.00. The average Bonchev–Trinajstić information content (AvgIpc) is 3.25. The van der Waals surface area contributed by atoms with E-state index in [1.54, 1.807) is 55.1 Å². The zero-order valence-electron chi connectivity index (χ0n) is 17.1. The second-order valence-corrected chi connectivity index (χ2v) is 6.50. The van der Waals surface area contributed by atoms with Gasteiger partial charge in [-0.1, -0.05) is 18.2 Å². The Morgan fingerprint density at radius 1 is 1.00 bits per heavy atom. The summed E-state index contributed by atoms with van der Waals surface area (Å²) in [6.45, 7) is 0.600. The van der Waals surface area contributed by atoms with Gasteiger partial charge in [0.1, 0.15) is 18.1 Å². The van der Waals surface area contributed by atoms with Crippen molar-refractivity contribution < 1.29 is 19.0 Å². The molecule has 158 valence electrons. The molecule has 0 unspecified atom stereocenters. The average molecular weight is 419 g/mol. The molecule has 0 spiro atoms. The number of hydrogen-bond donors (Lipinski definition) is 1. The summed E-state index contributed by atoms with van der Waals surface area (Å²) in [5, 5.41) is 15.7. The maximum atomic E-state index is 12.1. The third-order valence-corrected chi connectivity index (χ3v) is 4.56. The van der Waals surface area contributed by atoms with Gasteiger partial charge < -0.3 is 19.5 Å². The van der Waals surface area contributed by atoms with Gasteiger partial charge in [0.15, 0.2) is 11.5 Å². The normalized spacial score (nSPS) is 10.6. The first-order valence-electron chi connectivity index (χ1n) is 9.60. The molecule has 0 fully saturated rings. The molecule has 0 bridgehead atoms. The second-order valence-electron chi connectivity index (χ2n) is 6.50. The molecule has 2 aromatic carbocycles. The van der Waals surface area contributed by atoms with Gasteiger partial charge in [-0.2, -0.15) is 4.52 Å². The minimum atomic E-state index is -0.154. The molecule has 0 saturated heterocycles. The van der Waals surface area contributed by atoms with Crippen molar-refractivity contribution in [2.75, 3.05) is 27.4 Å². The molecule has 9 heteroatoms. The van der Waals surface area contributed by atoms with E-state index in [4.69, 9.17) is 14.2 Å². The lowest BCUT2D eigenvalue weighted by Crippen LogP contribution is -2.28. The van der Waals surface area contributed by atoms with Crippen LogP contribution in [0, 0.1) is 0 Å². The number of rotatable bonds is 8. The summed E-state index contributed by atoms with van der Waals surface area (Å²) in [6.07, 6.45) is 0. The highest BCUT2D eigenvalue weighted by molar-refractivity contribution is 5.94. The third-order valence-electron chi connectivity index (χ3n) is 4.56. The summed E-state index contributed by atoms with van der Waals surface area (Å²) in [7, 11) is 3.18. The zero-order chi connectivity index (χ0) is 21.6. The maximum absolute atomic E-state index is 12.1. The molecule has 0 aliphatic carbocycles. The Balaban J connectivity index is 1.48. The van der Waals surface area contributed by atoms with Crippen molar-refractivity contribution in [3.8, 4) is 28.8 Å². The highest BCUT2D eigenvalue weighted by atomic mass is 16.5. The van der Waals surface area contributed by atoms with Gasteiger partial charge in [0.05, 0.1) is 26.3 Å². The lowest BCUT2D eigenvalue weighted by atomic mass is 10.2. The smallest absolute Gasteiger partial charge is 0.251 e. The minimum absolute atomic E-state index is 0.154. The first-order chi connectivity index (χ1) is 15.2. The fourth-order valence-electron chi connectivity index (χ4n) is 3.02. The van der Waals surface area contributed by atoms with Gasteiger partial charge in [0, 0.05) is 11.6 Å². The van der Waals surface area contributed by atoms with E-state index in [0.29, 0.717) is 46.5 Å². The molecular formula is C22H21N5O4. The fraction of sp³-hybridized carbons (Fsp3) is 0.182. The van der Waals surface area contributed by atoms with Crippen molar-refractivity contribution in [3.05, 3.63) is 66.2 Å². The number of carbonyl (C=O) groups is 1. The number of amides is 1. The topological polar surface area (TPSA) is 99.9 Å². The Hall–Kier alpha value is -4.14. The minimum Gasteiger partial charge on any atom is -0.497 e. The maximum Gasteiger partial charge on any atom is 0.251 e. The summed E-state index contributed by atoms with van der Waals surface area (Å²) >= 11 is 0. The largest absolute Gasteiger partial charge is 0.497 e. The Morgan fingerprint density at radius 2 is 1.84 bits per heavy atom. The van der Waals surface area contributed by atoms with Gasteiger partial charge in [0.2, 0.25) is 5.88 Å². The molecule has 0 aliphatic heterocycles. The van der Waals surface area contributed by atoms with Gasteiger partial charge >= 0.3 is 0 Å². The highest BCUT2D eigenvalue weighted by Gasteiger charge is 2.16. The number of aromatic nitrogens is 4. The van der Waals surface area contributed by atoms with Crippen LogP contribution in [0.5, 0.6) is 17.4 Å². The highest BCUT2D eigenvalue weighted by Crippen LogP contribution is 2.32. The van der Waals surface area contributed by atoms with Crippen LogP contribution in [0.1, 0.15) is 10.4 Å². The summed E-state index contributed by atoms with van der Waals surface area (Å²) in [5.41, 5.74) is 1.85. The lowest BCUT2D eigenvalue weighted by Gasteiger charge is -2.10. The van der Waals surface area contributed by atoms with E-state index >= 15 is 0 Å². The summed E-state index contributed by atoms with van der Waals surface area (Å²) in [4.78, 5) is 12.1. The molecule has 0 atom stereocenters. The van der Waals surface area contributed by atoms with Crippen LogP contribution in [0.15, 0.2) is 60.7 Å². The first kappa shape index (κ1) is 20.1. The van der Waals surface area contributed by atoms with Gasteiger partial charge in [-0.05, 0) is 36.4 Å². The van der Waals surface area contributed by atoms with E-state index in [-0.39, 0.29) is 12.5 Å². The molecule has 2 heterocycles. The molecule has 2 aromatic heterocycles. The van der Waals surface area contributed by atoms with Crippen molar-refractivity contribution in [2.45, 2.75) is 0 Å². The number of carbonyl (C=O) groups excluding carboxylic acids is 1. The van der Waals surface area contributed by atoms with E-state index in [2.05, 4.69) is 20.6 Å². The predicted octanol–water partition coefficient (Wildman–Crippen LogP) is 2.62. The van der Waals surface area contributed by atoms with E-state index in [1.165, 1.54) is 0 Å². The Morgan fingerprint density at radius 3 is 2.61 bits per heavy atom. The van der Waals surface area contributed by atoms with Crippen LogP contribution in [0.2, 0.25) is 0 Å². The SMILES string of the molecule is COc1ccc(OC)c(-c2nnc3ccc(OCCNC(=O)c4ccccc4)nn23)c1. The number of benzene rings is 2. The third kappa shape index (κ3) is 4.40. The van der Waals surface area contributed by atoms with E-state index in [1.807, 2.05) is 24.3 Å². The van der Waals surface area contributed by atoms with E-state index < -0.39 is 0 Å². The number of methoxy groups -OCH3 is 2. The van der Waals surface area contributed by atoms with Crippen LogP contribution in [0.25, 0.3) is 17.0 Å². The molecular weight excluding hydrogens is 398 g/mol. The van der Waals surface area contributed by atoms with Crippen LogP contribution in [-0.2, 0) is 0 Å². The van der Waals surface area contributed by atoms with E-state index in [0.717, 1.165) is 0 Å². The van der Waals surface area contributed by atoms with Crippen LogP contribution in [-0.4, -0.2) is 53.1 Å². The van der Waals surface area contributed by atoms with Crippen molar-refractivity contribution in [1.29, 1.82) is 0 Å². The fourth-order valence-corrected chi connectivity index (χ4v) is 3.02. The number of fused-ring (bicyclic) bond motifs is 1. The molecule has 0 radical (unpaired) electrons. The van der Waals surface area contributed by atoms with Crippen molar-refractivity contribution in [1.82, 2.24) is 25.1 Å². The van der Waals surface area contributed by atoms with E-state index in [9.17, 15) is 4.79 Å². The predicted molar refractivity (Wildman–Crippen MR) is 114 cm³/mol. The zero-order valence-corrected chi connectivity index (χ0v) is 17.1. The Labute approximate surface area is 178 Å². The number of hydrogen-bond acceptors (Lipinski definition) is 7. The van der Waals surface area contributed by atoms with Gasteiger partial charge in [-0.3, -0.25) is 4.79 Å². The number of nitrogens with zero attached hydrogens (tertiary/aromatic N) is 4. The second kappa shape index (κ2) is 9.12. The van der Waals surface area contributed by atoms with Crippen LogP contribution < -0.4 is 19.5 Å². The number of nitrogens with one attached hydrogen (secondary N) is 1. The standard InChI is InChI=1S/C22H21N5O4/c1-29-16-8-9-18(30-2)17(14-16)21-25-24-19-10-11-20(26-27(19)21)31-13-12-23-22(28)15-6-4-3-5-7-15/h3-11,14H,12-13H2,1-2H3,(H,23,28). The lowest BCUT2D eigenvalue weighted by molar-refractivity contribution is 0.0946. The quantitative estimate of drug-likeness (QED) is 0.438. The molecule has 31 heavy (non-hydrogen) atoms. The molecule has 0 saturated carbocycles. The van der Waals surface area contributed by atoms with Gasteiger partial charge in [-0.25, -0.2) is 0 Å². The van der Waals surface area contributed by atoms with Crippen LogP contribution in [0.4, 0.5) is 0 Å². The number of ether oxygens (including phenoxy) is 3. The van der Waals surface area contributed by atoms with Crippen molar-refractivity contribution >= 4 is 11.6 Å². The molecule has 1 amide bonds. The van der Waals surface area contributed by atoms with Crippen LogP contribution in [0.3, 0.4) is 0 Å². The van der Waals surface area contributed by atoms with Gasteiger partial charge in [-0.15, -0.1) is 15.3 Å². The summed E-state index contributed by atoms with van der Waals surface area (Å²) < 4.78 is 18.0. The van der Waals surface area contributed by atoms with Crippen LogP contribution >= 0.6 is 0 Å². The Kier molecular flexibility index (Phi) is 5.93. The molecule has 4 aromatic rings. The molecule has 4 rings (SSSR count). The summed E-state index contributed by atoms with van der Waals surface area (Å²) in [6, 6.07) is 17.9.